The molecule has 0 aliphatic rings. The van der Waals surface area contributed by atoms with Crippen molar-refractivity contribution >= 4 is 27.5 Å². The number of carbonyl (C=O) groups excluding carboxylic acids is 1. The van der Waals surface area contributed by atoms with E-state index in [2.05, 4.69) is 35.1 Å². The van der Waals surface area contributed by atoms with E-state index in [9.17, 15) is 4.79 Å². The van der Waals surface area contributed by atoms with Crippen LogP contribution in [0.3, 0.4) is 0 Å². The number of benzene rings is 1. The highest BCUT2D eigenvalue weighted by atomic mass is 79.9. The number of rotatable bonds is 7. The Hall–Kier alpha value is -0.870. The highest BCUT2D eigenvalue weighted by molar-refractivity contribution is 9.10. The molecular weight excluding hydrogens is 316 g/mol. The highest BCUT2D eigenvalue weighted by Crippen LogP contribution is 2.23. The van der Waals surface area contributed by atoms with E-state index in [1.54, 1.807) is 0 Å². The molecule has 0 spiro atoms. The Morgan fingerprint density at radius 2 is 2.05 bits per heavy atom. The lowest BCUT2D eigenvalue weighted by atomic mass is 9.88. The summed E-state index contributed by atoms with van der Waals surface area (Å²) in [6.07, 6.45) is 2.43. The van der Waals surface area contributed by atoms with Gasteiger partial charge < -0.3 is 11.1 Å². The van der Waals surface area contributed by atoms with Crippen molar-refractivity contribution in [2.45, 2.75) is 40.0 Å². The van der Waals surface area contributed by atoms with Crippen LogP contribution in [0, 0.1) is 18.8 Å². The fourth-order valence-corrected chi connectivity index (χ4v) is 2.61. The zero-order valence-electron chi connectivity index (χ0n) is 12.6. The van der Waals surface area contributed by atoms with E-state index < -0.39 is 0 Å². The van der Waals surface area contributed by atoms with Crippen molar-refractivity contribution in [1.82, 2.24) is 0 Å². The number of carbonyl (C=O) groups is 1. The fourth-order valence-electron chi connectivity index (χ4n) is 2.24. The first kappa shape index (κ1) is 17.2. The van der Waals surface area contributed by atoms with Crippen LogP contribution in [-0.4, -0.2) is 12.5 Å². The molecule has 1 aromatic carbocycles. The lowest BCUT2D eigenvalue weighted by molar-refractivity contribution is -0.116. The molecule has 1 amide bonds. The summed E-state index contributed by atoms with van der Waals surface area (Å²) in [5.41, 5.74) is 7.62. The molecule has 20 heavy (non-hydrogen) atoms. The number of halogens is 1. The van der Waals surface area contributed by atoms with Gasteiger partial charge in [0.25, 0.3) is 0 Å². The maximum absolute atomic E-state index is 12.0. The molecule has 3 nitrogen and oxygen atoms in total. The van der Waals surface area contributed by atoms with Crippen LogP contribution in [0.1, 0.15) is 38.7 Å². The standard InChI is InChI=1S/C16H25BrN2O/c1-11(2)13(8-9-18)5-7-16(20)19-14-6-4-12(3)15(17)10-14/h4,6,10-11,13H,5,7-9,18H2,1-3H3,(H,19,20). The van der Waals surface area contributed by atoms with E-state index in [4.69, 9.17) is 5.73 Å². The summed E-state index contributed by atoms with van der Waals surface area (Å²) in [7, 11) is 0. The minimum absolute atomic E-state index is 0.0726. The smallest absolute Gasteiger partial charge is 0.224 e. The molecule has 1 unspecified atom stereocenters. The number of nitrogens with one attached hydrogen (secondary N) is 1. The van der Waals surface area contributed by atoms with Crippen molar-refractivity contribution < 1.29 is 4.79 Å². The summed E-state index contributed by atoms with van der Waals surface area (Å²) in [6, 6.07) is 5.86. The van der Waals surface area contributed by atoms with Crippen molar-refractivity contribution in [2.75, 3.05) is 11.9 Å². The first-order valence-corrected chi connectivity index (χ1v) is 7.99. The Balaban J connectivity index is 2.48. The molecule has 0 aromatic heterocycles. The van der Waals surface area contributed by atoms with Gasteiger partial charge in [-0.25, -0.2) is 0 Å². The van der Waals surface area contributed by atoms with Crippen LogP contribution in [0.2, 0.25) is 0 Å². The second kappa shape index (κ2) is 8.42. The molecule has 112 valence electrons. The van der Waals surface area contributed by atoms with Crippen molar-refractivity contribution in [3.8, 4) is 0 Å². The lowest BCUT2D eigenvalue weighted by Crippen LogP contribution is -2.18. The maximum Gasteiger partial charge on any atom is 0.224 e. The second-order valence-corrected chi connectivity index (χ2v) is 6.49. The van der Waals surface area contributed by atoms with Crippen LogP contribution < -0.4 is 11.1 Å². The monoisotopic (exact) mass is 340 g/mol. The van der Waals surface area contributed by atoms with Gasteiger partial charge in [-0.3, -0.25) is 4.79 Å². The zero-order chi connectivity index (χ0) is 15.1. The third kappa shape index (κ3) is 5.63. The minimum Gasteiger partial charge on any atom is -0.330 e. The summed E-state index contributed by atoms with van der Waals surface area (Å²) >= 11 is 3.47. The first-order valence-electron chi connectivity index (χ1n) is 7.20. The van der Waals surface area contributed by atoms with Crippen LogP contribution in [0.15, 0.2) is 22.7 Å². The molecule has 0 bridgehead atoms. The largest absolute Gasteiger partial charge is 0.330 e. The molecule has 1 atom stereocenters. The van der Waals surface area contributed by atoms with E-state index >= 15 is 0 Å². The van der Waals surface area contributed by atoms with Gasteiger partial charge in [-0.15, -0.1) is 0 Å². The van der Waals surface area contributed by atoms with Gasteiger partial charge in [-0.1, -0.05) is 35.8 Å². The molecule has 0 radical (unpaired) electrons. The molecule has 4 heteroatoms. The van der Waals surface area contributed by atoms with Gasteiger partial charge in [-0.2, -0.15) is 0 Å². The van der Waals surface area contributed by atoms with Gasteiger partial charge in [0.05, 0.1) is 0 Å². The van der Waals surface area contributed by atoms with Crippen LogP contribution in [0.4, 0.5) is 5.69 Å². The van der Waals surface area contributed by atoms with Gasteiger partial charge in [0, 0.05) is 16.6 Å². The van der Waals surface area contributed by atoms with Gasteiger partial charge >= 0.3 is 0 Å². The predicted molar refractivity (Wildman–Crippen MR) is 88.7 cm³/mol. The summed E-state index contributed by atoms with van der Waals surface area (Å²) in [6.45, 7) is 7.09. The SMILES string of the molecule is Cc1ccc(NC(=O)CCC(CCN)C(C)C)cc1Br. The Bertz CT molecular complexity index is 446. The number of aryl methyl sites for hydroxylation is 1. The molecular formula is C16H25BrN2O. The van der Waals surface area contributed by atoms with Gasteiger partial charge in [-0.05, 0) is 55.8 Å². The molecule has 0 saturated carbocycles. The molecule has 3 N–H and O–H groups in total. The Morgan fingerprint density at radius 1 is 1.35 bits per heavy atom. The van der Waals surface area contributed by atoms with E-state index in [1.165, 1.54) is 0 Å². The predicted octanol–water partition coefficient (Wildman–Crippen LogP) is 4.10. The zero-order valence-corrected chi connectivity index (χ0v) is 14.2. The summed E-state index contributed by atoms with van der Waals surface area (Å²) < 4.78 is 1.01. The van der Waals surface area contributed by atoms with Crippen molar-refractivity contribution in [2.24, 2.45) is 17.6 Å². The first-order chi connectivity index (χ1) is 9.43. The number of anilines is 1. The molecule has 0 aliphatic carbocycles. The second-order valence-electron chi connectivity index (χ2n) is 5.63. The molecule has 0 heterocycles. The fraction of sp³-hybridized carbons (Fsp3) is 0.562. The van der Waals surface area contributed by atoms with Crippen LogP contribution >= 0.6 is 15.9 Å². The lowest BCUT2D eigenvalue weighted by Gasteiger charge is -2.19. The van der Waals surface area contributed by atoms with Crippen molar-refractivity contribution in [3.63, 3.8) is 0 Å². The summed E-state index contributed by atoms with van der Waals surface area (Å²) in [5.74, 6) is 1.17. The van der Waals surface area contributed by atoms with Crippen LogP contribution in [-0.2, 0) is 4.79 Å². The maximum atomic E-state index is 12.0. The normalized spacial score (nSPS) is 12.5. The third-order valence-corrected chi connectivity index (χ3v) is 4.53. The Morgan fingerprint density at radius 3 is 2.60 bits per heavy atom. The molecule has 0 aliphatic heterocycles. The Kier molecular flexibility index (Phi) is 7.24. The van der Waals surface area contributed by atoms with Crippen molar-refractivity contribution in [1.29, 1.82) is 0 Å². The van der Waals surface area contributed by atoms with E-state index in [-0.39, 0.29) is 5.91 Å². The topological polar surface area (TPSA) is 55.1 Å². The molecule has 1 aromatic rings. The van der Waals surface area contributed by atoms with Crippen LogP contribution in [0.5, 0.6) is 0 Å². The van der Waals surface area contributed by atoms with Crippen LogP contribution in [0.25, 0.3) is 0 Å². The highest BCUT2D eigenvalue weighted by Gasteiger charge is 2.14. The summed E-state index contributed by atoms with van der Waals surface area (Å²) in [4.78, 5) is 12.0. The quantitative estimate of drug-likeness (QED) is 0.785. The van der Waals surface area contributed by atoms with E-state index in [1.807, 2.05) is 25.1 Å². The number of hydrogen-bond donors (Lipinski definition) is 2. The number of nitrogens with two attached hydrogens (primary N) is 1. The van der Waals surface area contributed by atoms with E-state index in [0.717, 1.165) is 28.6 Å². The third-order valence-electron chi connectivity index (χ3n) is 3.68. The molecule has 0 saturated heterocycles. The number of hydrogen-bond acceptors (Lipinski definition) is 2. The Labute approximate surface area is 130 Å². The van der Waals surface area contributed by atoms with Crippen molar-refractivity contribution in [3.05, 3.63) is 28.2 Å². The van der Waals surface area contributed by atoms with E-state index in [0.29, 0.717) is 24.8 Å². The molecule has 0 fully saturated rings. The molecule has 1 rings (SSSR count). The average molecular weight is 341 g/mol. The average Bonchev–Trinajstić information content (AvgIpc) is 2.38. The minimum atomic E-state index is 0.0726. The van der Waals surface area contributed by atoms with Gasteiger partial charge in [0.1, 0.15) is 0 Å². The van der Waals surface area contributed by atoms with Gasteiger partial charge in [0.15, 0.2) is 0 Å². The number of amides is 1. The summed E-state index contributed by atoms with van der Waals surface area (Å²) in [5, 5.41) is 2.95. The van der Waals surface area contributed by atoms with Gasteiger partial charge in [0.2, 0.25) is 5.91 Å².